The van der Waals surface area contributed by atoms with Gasteiger partial charge in [-0.3, -0.25) is 9.59 Å². The second-order valence-corrected chi connectivity index (χ2v) is 5.30. The minimum Gasteiger partial charge on any atom is -0.497 e. The Morgan fingerprint density at radius 2 is 1.44 bits per heavy atom. The number of hydrogen-bond donors (Lipinski definition) is 1. The van der Waals surface area contributed by atoms with Crippen molar-refractivity contribution in [2.45, 2.75) is 0 Å². The topological polar surface area (TPSA) is 94.4 Å². The summed E-state index contributed by atoms with van der Waals surface area (Å²) in [6.45, 7) is 0. The third-order valence-corrected chi connectivity index (χ3v) is 4.03. The average molecular weight is 341 g/mol. The number of hydrogen-bond acceptors (Lipinski definition) is 7. The first-order valence-electron chi connectivity index (χ1n) is 7.30. The smallest absolute Gasteiger partial charge is 0.201 e. The standard InChI is InChI=1S/C18H15NO6/c1-23-10-6-12-16(14(7-10)25-3)18(21)15-11(17(12)20)4-9(8-19-22)5-13(15)24-2/h4-8,22H,1-3H3. The first kappa shape index (κ1) is 16.5. The molecule has 0 fully saturated rings. The molecule has 7 heteroatoms. The van der Waals surface area contributed by atoms with E-state index >= 15 is 0 Å². The van der Waals surface area contributed by atoms with Crippen LogP contribution in [0.5, 0.6) is 17.2 Å². The monoisotopic (exact) mass is 341 g/mol. The lowest BCUT2D eigenvalue weighted by Crippen LogP contribution is -2.23. The molecule has 25 heavy (non-hydrogen) atoms. The lowest BCUT2D eigenvalue weighted by Gasteiger charge is -2.22. The predicted octanol–water partition coefficient (Wildman–Crippen LogP) is 2.30. The van der Waals surface area contributed by atoms with E-state index in [-0.39, 0.29) is 45.3 Å². The molecule has 2 aromatic rings. The molecular formula is C18H15NO6. The SMILES string of the molecule is COc1cc(OC)c2c(c1)C(=O)c1cc(C=NO)cc(OC)c1C2=O. The van der Waals surface area contributed by atoms with Gasteiger partial charge < -0.3 is 19.4 Å². The number of rotatable bonds is 4. The van der Waals surface area contributed by atoms with E-state index in [1.807, 2.05) is 0 Å². The Morgan fingerprint density at radius 1 is 0.840 bits per heavy atom. The van der Waals surface area contributed by atoms with Crippen LogP contribution >= 0.6 is 0 Å². The summed E-state index contributed by atoms with van der Waals surface area (Å²) in [7, 11) is 4.28. The molecule has 2 aromatic carbocycles. The quantitative estimate of drug-likeness (QED) is 0.444. The molecule has 7 nitrogen and oxygen atoms in total. The number of ketones is 2. The number of fused-ring (bicyclic) bond motifs is 2. The fourth-order valence-electron chi connectivity index (χ4n) is 2.90. The van der Waals surface area contributed by atoms with Gasteiger partial charge in [0, 0.05) is 22.8 Å². The van der Waals surface area contributed by atoms with Crippen LogP contribution in [0.2, 0.25) is 0 Å². The van der Waals surface area contributed by atoms with Crippen molar-refractivity contribution >= 4 is 17.8 Å². The highest BCUT2D eigenvalue weighted by Crippen LogP contribution is 2.39. The maximum atomic E-state index is 13.0. The summed E-state index contributed by atoms with van der Waals surface area (Å²) in [6, 6.07) is 6.05. The van der Waals surface area contributed by atoms with Crippen molar-refractivity contribution < 1.29 is 29.0 Å². The minimum atomic E-state index is -0.381. The number of carbonyl (C=O) groups excluding carboxylic acids is 2. The summed E-state index contributed by atoms with van der Waals surface area (Å²) in [6.07, 6.45) is 1.15. The normalized spacial score (nSPS) is 12.8. The molecule has 0 saturated carbocycles. The van der Waals surface area contributed by atoms with E-state index in [2.05, 4.69) is 5.16 Å². The molecule has 0 unspecified atom stereocenters. The zero-order valence-electron chi connectivity index (χ0n) is 13.8. The second-order valence-electron chi connectivity index (χ2n) is 5.30. The molecule has 1 N–H and O–H groups in total. The first-order chi connectivity index (χ1) is 12.0. The minimum absolute atomic E-state index is 0.151. The molecule has 1 aliphatic carbocycles. The Morgan fingerprint density at radius 3 is 2.00 bits per heavy atom. The van der Waals surface area contributed by atoms with Crippen molar-refractivity contribution in [1.82, 2.24) is 0 Å². The third-order valence-electron chi connectivity index (χ3n) is 4.03. The van der Waals surface area contributed by atoms with E-state index in [9.17, 15) is 9.59 Å². The van der Waals surface area contributed by atoms with Crippen LogP contribution in [0.1, 0.15) is 37.4 Å². The summed E-state index contributed by atoms with van der Waals surface area (Å²) in [4.78, 5) is 26.0. The number of oxime groups is 1. The highest BCUT2D eigenvalue weighted by molar-refractivity contribution is 6.30. The van der Waals surface area contributed by atoms with Crippen LogP contribution in [0.15, 0.2) is 29.4 Å². The van der Waals surface area contributed by atoms with Crippen molar-refractivity contribution in [3.63, 3.8) is 0 Å². The lowest BCUT2D eigenvalue weighted by molar-refractivity contribution is 0.0973. The molecule has 0 radical (unpaired) electrons. The van der Waals surface area contributed by atoms with E-state index < -0.39 is 0 Å². The van der Waals surface area contributed by atoms with Gasteiger partial charge in [-0.15, -0.1) is 0 Å². The second kappa shape index (κ2) is 6.27. The van der Waals surface area contributed by atoms with Gasteiger partial charge in [-0.25, -0.2) is 0 Å². The van der Waals surface area contributed by atoms with E-state index in [4.69, 9.17) is 19.4 Å². The van der Waals surface area contributed by atoms with Gasteiger partial charge in [-0.05, 0) is 18.2 Å². The van der Waals surface area contributed by atoms with Crippen LogP contribution in [0, 0.1) is 0 Å². The molecular weight excluding hydrogens is 326 g/mol. The number of nitrogens with zero attached hydrogens (tertiary/aromatic N) is 1. The van der Waals surface area contributed by atoms with Gasteiger partial charge in [0.25, 0.3) is 0 Å². The summed E-state index contributed by atoms with van der Waals surface area (Å²) in [5, 5.41) is 11.7. The molecule has 0 atom stereocenters. The molecule has 0 aliphatic heterocycles. The number of methoxy groups -OCH3 is 3. The van der Waals surface area contributed by atoms with E-state index in [1.54, 1.807) is 6.07 Å². The maximum absolute atomic E-state index is 13.0. The Labute approximate surface area is 143 Å². The van der Waals surface area contributed by atoms with Gasteiger partial charge in [0.05, 0.1) is 38.7 Å². The highest BCUT2D eigenvalue weighted by atomic mass is 16.5. The van der Waals surface area contributed by atoms with E-state index in [0.29, 0.717) is 11.3 Å². The zero-order chi connectivity index (χ0) is 18.1. The molecule has 0 heterocycles. The molecule has 0 spiro atoms. The number of carbonyl (C=O) groups is 2. The van der Waals surface area contributed by atoms with Crippen molar-refractivity contribution in [2.24, 2.45) is 5.16 Å². The van der Waals surface area contributed by atoms with Gasteiger partial charge >= 0.3 is 0 Å². The zero-order valence-corrected chi connectivity index (χ0v) is 13.8. The number of ether oxygens (including phenoxy) is 3. The molecule has 0 bridgehead atoms. The van der Waals surface area contributed by atoms with Crippen LogP contribution in [0.25, 0.3) is 0 Å². The third kappa shape index (κ3) is 2.50. The van der Waals surface area contributed by atoms with Gasteiger partial charge in [-0.2, -0.15) is 0 Å². The Kier molecular flexibility index (Phi) is 4.14. The summed E-state index contributed by atoms with van der Waals surface area (Å²) < 4.78 is 15.7. The van der Waals surface area contributed by atoms with E-state index in [0.717, 1.165) is 6.21 Å². The largest absolute Gasteiger partial charge is 0.497 e. The van der Waals surface area contributed by atoms with Crippen LogP contribution in [0.3, 0.4) is 0 Å². The molecule has 0 aromatic heterocycles. The summed E-state index contributed by atoms with van der Waals surface area (Å²) in [5.41, 5.74) is 1.11. The first-order valence-corrected chi connectivity index (χ1v) is 7.30. The highest BCUT2D eigenvalue weighted by Gasteiger charge is 2.35. The Bertz CT molecular complexity index is 916. The van der Waals surface area contributed by atoms with Gasteiger partial charge in [0.15, 0.2) is 5.78 Å². The lowest BCUT2D eigenvalue weighted by atomic mass is 9.82. The van der Waals surface area contributed by atoms with E-state index in [1.165, 1.54) is 39.5 Å². The van der Waals surface area contributed by atoms with Gasteiger partial charge in [0.1, 0.15) is 17.2 Å². The molecule has 3 rings (SSSR count). The van der Waals surface area contributed by atoms with Crippen molar-refractivity contribution in [2.75, 3.05) is 21.3 Å². The molecule has 0 amide bonds. The maximum Gasteiger partial charge on any atom is 0.201 e. The van der Waals surface area contributed by atoms with Gasteiger partial charge in [-0.1, -0.05) is 5.16 Å². The fraction of sp³-hybridized carbons (Fsp3) is 0.167. The van der Waals surface area contributed by atoms with Gasteiger partial charge in [0.2, 0.25) is 5.78 Å². The average Bonchev–Trinajstić information content (AvgIpc) is 2.64. The molecule has 1 aliphatic rings. The van der Waals surface area contributed by atoms with Crippen molar-refractivity contribution in [3.05, 3.63) is 52.1 Å². The predicted molar refractivity (Wildman–Crippen MR) is 88.8 cm³/mol. The Hall–Kier alpha value is -3.35. The van der Waals surface area contributed by atoms with Crippen LogP contribution in [-0.4, -0.2) is 44.3 Å². The Balaban J connectivity index is 2.33. The van der Waals surface area contributed by atoms with Crippen molar-refractivity contribution in [3.8, 4) is 17.2 Å². The van der Waals surface area contributed by atoms with Crippen LogP contribution < -0.4 is 14.2 Å². The van der Waals surface area contributed by atoms with Crippen LogP contribution in [-0.2, 0) is 0 Å². The molecule has 0 saturated heterocycles. The van der Waals surface area contributed by atoms with Crippen molar-refractivity contribution in [1.29, 1.82) is 0 Å². The van der Waals surface area contributed by atoms with Crippen LogP contribution in [0.4, 0.5) is 0 Å². The molecule has 128 valence electrons. The summed E-state index contributed by atoms with van der Waals surface area (Å²) in [5.74, 6) is 0.123. The summed E-state index contributed by atoms with van der Waals surface area (Å²) >= 11 is 0. The fourth-order valence-corrected chi connectivity index (χ4v) is 2.90. The number of benzene rings is 2.